The molecule has 76 valence electrons. The fourth-order valence-electron chi connectivity index (χ4n) is 5.46. The maximum atomic E-state index is 11.8. The Morgan fingerprint density at radius 1 is 0.857 bits per heavy atom. The Kier molecular flexibility index (Phi) is 1.37. The molecule has 0 aliphatic heterocycles. The normalized spacial score (nSPS) is 59.3. The summed E-state index contributed by atoms with van der Waals surface area (Å²) in [5.41, 5.74) is 0. The predicted octanol–water partition coefficient (Wildman–Crippen LogP) is 2.65. The molecule has 1 nitrogen and oxygen atoms in total. The van der Waals surface area contributed by atoms with E-state index < -0.39 is 0 Å². The molecule has 0 heterocycles. The average Bonchev–Trinajstić information content (AvgIpc) is 2.78. The number of Topliss-reactive ketones (excluding diaryl/α,β-unsaturated/α-hetero) is 1. The third-order valence-corrected chi connectivity index (χ3v) is 5.79. The number of ketones is 1. The third kappa shape index (κ3) is 0.765. The summed E-state index contributed by atoms with van der Waals surface area (Å²) in [6.45, 7) is 0. The molecule has 0 unspecified atom stereocenters. The van der Waals surface area contributed by atoms with Gasteiger partial charge in [-0.3, -0.25) is 4.79 Å². The zero-order chi connectivity index (χ0) is 9.28. The molecule has 5 rings (SSSR count). The van der Waals surface area contributed by atoms with Crippen molar-refractivity contribution in [1.82, 2.24) is 0 Å². The molecule has 5 aliphatic rings. The summed E-state index contributed by atoms with van der Waals surface area (Å²) in [5, 5.41) is 0. The minimum absolute atomic E-state index is 0.526. The highest BCUT2D eigenvalue weighted by Crippen LogP contribution is 2.63. The fourth-order valence-corrected chi connectivity index (χ4v) is 5.46. The van der Waals surface area contributed by atoms with E-state index in [2.05, 4.69) is 0 Å². The lowest BCUT2D eigenvalue weighted by Crippen LogP contribution is -2.45. The van der Waals surface area contributed by atoms with Crippen LogP contribution < -0.4 is 0 Å². The second kappa shape index (κ2) is 2.43. The molecule has 0 aromatic heterocycles. The molecule has 1 heteroatoms. The van der Waals surface area contributed by atoms with Gasteiger partial charge in [-0.1, -0.05) is 0 Å². The maximum absolute atomic E-state index is 11.8. The van der Waals surface area contributed by atoms with Crippen LogP contribution in [-0.4, -0.2) is 5.78 Å². The van der Waals surface area contributed by atoms with Gasteiger partial charge in [0.1, 0.15) is 5.78 Å². The number of carbonyl (C=O) groups excluding carboxylic acids is 1. The minimum atomic E-state index is 0.526. The molecular weight excluding hydrogens is 172 g/mol. The highest BCUT2D eigenvalue weighted by Gasteiger charge is 2.59. The molecule has 0 spiro atoms. The van der Waals surface area contributed by atoms with Crippen molar-refractivity contribution < 1.29 is 4.79 Å². The fraction of sp³-hybridized carbons (Fsp3) is 0.923. The van der Waals surface area contributed by atoms with Crippen LogP contribution in [0, 0.1) is 35.5 Å². The lowest BCUT2D eigenvalue weighted by molar-refractivity contribution is -0.129. The van der Waals surface area contributed by atoms with Crippen molar-refractivity contribution in [1.29, 1.82) is 0 Å². The van der Waals surface area contributed by atoms with Crippen molar-refractivity contribution in [2.45, 2.75) is 38.5 Å². The first kappa shape index (κ1) is 7.90. The summed E-state index contributed by atoms with van der Waals surface area (Å²) in [5.74, 6) is 5.80. The summed E-state index contributed by atoms with van der Waals surface area (Å²) >= 11 is 0. The van der Waals surface area contributed by atoms with Gasteiger partial charge in [0.05, 0.1) is 0 Å². The lowest BCUT2D eigenvalue weighted by Gasteiger charge is -2.50. The summed E-state index contributed by atoms with van der Waals surface area (Å²) in [6, 6.07) is 0. The van der Waals surface area contributed by atoms with Crippen LogP contribution in [0.3, 0.4) is 0 Å². The maximum Gasteiger partial charge on any atom is 0.136 e. The molecule has 14 heavy (non-hydrogen) atoms. The summed E-state index contributed by atoms with van der Waals surface area (Å²) in [4.78, 5) is 11.8. The van der Waals surface area contributed by atoms with Gasteiger partial charge in [-0.15, -0.1) is 0 Å². The van der Waals surface area contributed by atoms with Gasteiger partial charge in [0.15, 0.2) is 0 Å². The number of fused-ring (bicyclic) bond motifs is 4. The molecule has 0 radical (unpaired) electrons. The van der Waals surface area contributed by atoms with Crippen LogP contribution in [0.15, 0.2) is 0 Å². The monoisotopic (exact) mass is 190 g/mol. The highest BCUT2D eigenvalue weighted by atomic mass is 16.1. The standard InChI is InChI=1S/C13H18O/c14-11-6-9-5-10(11)13-8-3-1-7(2-4-8)12(9)13/h7-10,12-13H,1-6H2/t7?,8?,9-,10-,12+,13-/m1/s1. The zero-order valence-electron chi connectivity index (χ0n) is 8.61. The summed E-state index contributed by atoms with van der Waals surface area (Å²) in [7, 11) is 0. The van der Waals surface area contributed by atoms with Crippen molar-refractivity contribution in [3.05, 3.63) is 0 Å². The summed E-state index contributed by atoms with van der Waals surface area (Å²) in [6.07, 6.45) is 8.10. The van der Waals surface area contributed by atoms with Crippen molar-refractivity contribution in [3.63, 3.8) is 0 Å². The SMILES string of the molecule is O=C1C[C@H]2C[C@H]1[C@H]1C3CCC(CC3)[C@@H]21. The van der Waals surface area contributed by atoms with Gasteiger partial charge in [0.25, 0.3) is 0 Å². The first-order chi connectivity index (χ1) is 6.84. The first-order valence-corrected chi connectivity index (χ1v) is 6.37. The second-order valence-corrected chi connectivity index (χ2v) is 6.10. The molecule has 5 aliphatic carbocycles. The van der Waals surface area contributed by atoms with Crippen LogP contribution in [0.25, 0.3) is 0 Å². The van der Waals surface area contributed by atoms with E-state index in [9.17, 15) is 4.79 Å². The Bertz CT molecular complexity index is 288. The quantitative estimate of drug-likeness (QED) is 0.574. The van der Waals surface area contributed by atoms with Crippen LogP contribution in [0.1, 0.15) is 38.5 Å². The van der Waals surface area contributed by atoms with E-state index in [4.69, 9.17) is 0 Å². The third-order valence-electron chi connectivity index (χ3n) is 5.79. The molecule has 4 bridgehead atoms. The second-order valence-electron chi connectivity index (χ2n) is 6.10. The number of rotatable bonds is 0. The van der Waals surface area contributed by atoms with Gasteiger partial charge >= 0.3 is 0 Å². The molecule has 0 amide bonds. The topological polar surface area (TPSA) is 17.1 Å². The molecule has 5 saturated carbocycles. The molecule has 0 saturated heterocycles. The molecule has 0 aromatic carbocycles. The molecular formula is C13H18O. The van der Waals surface area contributed by atoms with Gasteiger partial charge in [0, 0.05) is 12.3 Å². The first-order valence-electron chi connectivity index (χ1n) is 6.37. The molecule has 0 N–H and O–H groups in total. The van der Waals surface area contributed by atoms with Crippen molar-refractivity contribution in [3.8, 4) is 0 Å². The van der Waals surface area contributed by atoms with Gasteiger partial charge in [-0.25, -0.2) is 0 Å². The van der Waals surface area contributed by atoms with Crippen molar-refractivity contribution in [2.75, 3.05) is 0 Å². The Morgan fingerprint density at radius 2 is 1.50 bits per heavy atom. The smallest absolute Gasteiger partial charge is 0.136 e. The lowest BCUT2D eigenvalue weighted by atomic mass is 9.54. The average molecular weight is 190 g/mol. The van der Waals surface area contributed by atoms with Gasteiger partial charge in [-0.05, 0) is 61.7 Å². The number of carbonyl (C=O) groups is 1. The van der Waals surface area contributed by atoms with Crippen LogP contribution in [-0.2, 0) is 4.79 Å². The van der Waals surface area contributed by atoms with Crippen LogP contribution in [0.4, 0.5) is 0 Å². The van der Waals surface area contributed by atoms with E-state index in [1.165, 1.54) is 32.1 Å². The zero-order valence-corrected chi connectivity index (χ0v) is 8.61. The number of hydrogen-bond donors (Lipinski definition) is 0. The van der Waals surface area contributed by atoms with Gasteiger partial charge < -0.3 is 0 Å². The minimum Gasteiger partial charge on any atom is -0.299 e. The number of hydrogen-bond acceptors (Lipinski definition) is 1. The van der Waals surface area contributed by atoms with Crippen LogP contribution in [0.5, 0.6) is 0 Å². The van der Waals surface area contributed by atoms with E-state index >= 15 is 0 Å². The van der Waals surface area contributed by atoms with Gasteiger partial charge in [0.2, 0.25) is 0 Å². The Hall–Kier alpha value is -0.330. The molecule has 4 atom stereocenters. The van der Waals surface area contributed by atoms with Crippen LogP contribution >= 0.6 is 0 Å². The summed E-state index contributed by atoms with van der Waals surface area (Å²) < 4.78 is 0. The van der Waals surface area contributed by atoms with Gasteiger partial charge in [-0.2, -0.15) is 0 Å². The van der Waals surface area contributed by atoms with Crippen molar-refractivity contribution in [2.24, 2.45) is 35.5 Å². The highest BCUT2D eigenvalue weighted by molar-refractivity contribution is 5.85. The Labute approximate surface area is 85.3 Å². The molecule has 5 fully saturated rings. The van der Waals surface area contributed by atoms with E-state index in [1.807, 2.05) is 0 Å². The van der Waals surface area contributed by atoms with E-state index in [1.54, 1.807) is 0 Å². The largest absolute Gasteiger partial charge is 0.299 e. The van der Waals surface area contributed by atoms with E-state index in [0.29, 0.717) is 11.7 Å². The van der Waals surface area contributed by atoms with Crippen LogP contribution in [0.2, 0.25) is 0 Å². The molecule has 0 aromatic rings. The Morgan fingerprint density at radius 3 is 2.21 bits per heavy atom. The Balaban J connectivity index is 1.76. The van der Waals surface area contributed by atoms with Crippen molar-refractivity contribution >= 4 is 5.78 Å². The van der Waals surface area contributed by atoms with E-state index in [-0.39, 0.29) is 0 Å². The van der Waals surface area contributed by atoms with E-state index in [0.717, 1.165) is 36.0 Å². The predicted molar refractivity (Wildman–Crippen MR) is 53.6 cm³/mol.